The van der Waals surface area contributed by atoms with Gasteiger partial charge in [0.05, 0.1) is 11.8 Å². The van der Waals surface area contributed by atoms with E-state index in [9.17, 15) is 0 Å². The molecular formula is C17H18N2O. The molecule has 0 aliphatic rings. The number of aromatic nitrogens is 1. The van der Waals surface area contributed by atoms with E-state index in [2.05, 4.69) is 42.3 Å². The molecule has 0 spiro atoms. The van der Waals surface area contributed by atoms with Crippen LogP contribution in [0.15, 0.2) is 53.3 Å². The molecule has 3 rings (SSSR count). The van der Waals surface area contributed by atoms with E-state index in [0.717, 1.165) is 23.4 Å². The number of benzene rings is 1. The molecule has 1 aromatic carbocycles. The Kier molecular flexibility index (Phi) is 3.42. The number of hydrogen-bond donors (Lipinski definition) is 1. The molecule has 2 heterocycles. The molecule has 102 valence electrons. The van der Waals surface area contributed by atoms with Crippen molar-refractivity contribution >= 4 is 16.6 Å². The number of nitrogens with one attached hydrogen (secondary N) is 1. The highest BCUT2D eigenvalue weighted by atomic mass is 16.3. The number of nitrogens with zero attached hydrogens (tertiary/aromatic N) is 1. The van der Waals surface area contributed by atoms with Gasteiger partial charge in [0, 0.05) is 29.7 Å². The molecule has 0 fully saturated rings. The monoisotopic (exact) mass is 266 g/mol. The van der Waals surface area contributed by atoms with Crippen molar-refractivity contribution in [1.82, 2.24) is 4.98 Å². The summed E-state index contributed by atoms with van der Waals surface area (Å²) in [6.45, 7) is 4.25. The zero-order chi connectivity index (χ0) is 13.9. The van der Waals surface area contributed by atoms with E-state index in [-0.39, 0.29) is 0 Å². The highest BCUT2D eigenvalue weighted by Gasteiger charge is 2.09. The number of pyridine rings is 1. The summed E-state index contributed by atoms with van der Waals surface area (Å²) in [5, 5.41) is 4.72. The van der Waals surface area contributed by atoms with Gasteiger partial charge < -0.3 is 9.73 Å². The molecule has 0 amide bonds. The topological polar surface area (TPSA) is 38.1 Å². The second-order valence-corrected chi connectivity index (χ2v) is 5.16. The minimum atomic E-state index is 0.298. The molecule has 1 atom stereocenters. The van der Waals surface area contributed by atoms with Crippen molar-refractivity contribution in [3.05, 3.63) is 60.2 Å². The minimum absolute atomic E-state index is 0.298. The zero-order valence-electron chi connectivity index (χ0n) is 11.8. The fourth-order valence-electron chi connectivity index (χ4n) is 2.49. The largest absolute Gasteiger partial charge is 0.469 e. The van der Waals surface area contributed by atoms with E-state index < -0.39 is 0 Å². The van der Waals surface area contributed by atoms with E-state index >= 15 is 0 Å². The van der Waals surface area contributed by atoms with Gasteiger partial charge in [-0.2, -0.15) is 0 Å². The van der Waals surface area contributed by atoms with Gasteiger partial charge in [-0.1, -0.05) is 6.07 Å². The molecule has 1 unspecified atom stereocenters. The summed E-state index contributed by atoms with van der Waals surface area (Å²) in [6.07, 6.45) is 4.42. The van der Waals surface area contributed by atoms with Crippen molar-refractivity contribution in [2.75, 3.05) is 5.32 Å². The molecule has 2 aromatic heterocycles. The molecule has 0 bridgehead atoms. The standard InChI is InChI=1S/C17H18N2O/c1-12-7-8-16(15-6-3-9-18-17(12)15)19-13(2)11-14-5-4-10-20-14/h3-10,13,19H,11H2,1-2H3. The lowest BCUT2D eigenvalue weighted by Gasteiger charge is -2.16. The number of furan rings is 1. The predicted octanol–water partition coefficient (Wildman–Crippen LogP) is 4.18. The minimum Gasteiger partial charge on any atom is -0.469 e. The Balaban J connectivity index is 1.85. The lowest BCUT2D eigenvalue weighted by atomic mass is 10.1. The van der Waals surface area contributed by atoms with E-state index in [1.165, 1.54) is 10.9 Å². The average Bonchev–Trinajstić information content (AvgIpc) is 2.95. The first-order valence-corrected chi connectivity index (χ1v) is 6.87. The van der Waals surface area contributed by atoms with Gasteiger partial charge >= 0.3 is 0 Å². The van der Waals surface area contributed by atoms with Crippen LogP contribution >= 0.6 is 0 Å². The van der Waals surface area contributed by atoms with Crippen molar-refractivity contribution < 1.29 is 4.42 Å². The highest BCUT2D eigenvalue weighted by molar-refractivity contribution is 5.93. The number of rotatable bonds is 4. The third-order valence-electron chi connectivity index (χ3n) is 3.46. The molecule has 1 N–H and O–H groups in total. The van der Waals surface area contributed by atoms with Crippen molar-refractivity contribution in [3.8, 4) is 0 Å². The van der Waals surface area contributed by atoms with Crippen LogP contribution in [0.2, 0.25) is 0 Å². The summed E-state index contributed by atoms with van der Waals surface area (Å²) in [5.41, 5.74) is 3.38. The molecule has 3 heteroatoms. The molecule has 20 heavy (non-hydrogen) atoms. The van der Waals surface area contributed by atoms with Gasteiger partial charge in [-0.3, -0.25) is 4.98 Å². The van der Waals surface area contributed by atoms with Crippen molar-refractivity contribution in [1.29, 1.82) is 0 Å². The predicted molar refractivity (Wildman–Crippen MR) is 82.0 cm³/mol. The first-order chi connectivity index (χ1) is 9.74. The van der Waals surface area contributed by atoms with E-state index in [4.69, 9.17) is 4.42 Å². The van der Waals surface area contributed by atoms with Crippen LogP contribution in [0.4, 0.5) is 5.69 Å². The first-order valence-electron chi connectivity index (χ1n) is 6.87. The summed E-state index contributed by atoms with van der Waals surface area (Å²) in [6, 6.07) is 12.5. The van der Waals surface area contributed by atoms with Crippen LogP contribution in [-0.2, 0) is 6.42 Å². The smallest absolute Gasteiger partial charge is 0.105 e. The van der Waals surface area contributed by atoms with Gasteiger partial charge in [-0.05, 0) is 49.7 Å². The third-order valence-corrected chi connectivity index (χ3v) is 3.46. The Morgan fingerprint density at radius 3 is 2.90 bits per heavy atom. The van der Waals surface area contributed by atoms with E-state index in [0.29, 0.717) is 6.04 Å². The lowest BCUT2D eigenvalue weighted by Crippen LogP contribution is -2.18. The highest BCUT2D eigenvalue weighted by Crippen LogP contribution is 2.25. The first kappa shape index (κ1) is 12.7. The van der Waals surface area contributed by atoms with Gasteiger partial charge in [-0.15, -0.1) is 0 Å². The van der Waals surface area contributed by atoms with E-state index in [1.807, 2.05) is 24.4 Å². The molecule has 0 saturated heterocycles. The molecule has 0 aliphatic heterocycles. The summed E-state index contributed by atoms with van der Waals surface area (Å²) < 4.78 is 5.40. The molecule has 3 nitrogen and oxygen atoms in total. The van der Waals surface area contributed by atoms with Crippen LogP contribution in [0.25, 0.3) is 10.9 Å². The number of aryl methyl sites for hydroxylation is 1. The Labute approximate surface area is 118 Å². The Morgan fingerprint density at radius 1 is 1.20 bits per heavy atom. The molecule has 0 aliphatic carbocycles. The third kappa shape index (κ3) is 2.52. The van der Waals surface area contributed by atoms with Crippen molar-refractivity contribution in [3.63, 3.8) is 0 Å². The Hall–Kier alpha value is -2.29. The number of fused-ring (bicyclic) bond motifs is 1. The fraction of sp³-hybridized carbons (Fsp3) is 0.235. The van der Waals surface area contributed by atoms with E-state index in [1.54, 1.807) is 6.26 Å². The van der Waals surface area contributed by atoms with Crippen molar-refractivity contribution in [2.45, 2.75) is 26.3 Å². The maximum absolute atomic E-state index is 5.40. The zero-order valence-corrected chi connectivity index (χ0v) is 11.8. The second-order valence-electron chi connectivity index (χ2n) is 5.16. The molecule has 0 saturated carbocycles. The maximum atomic E-state index is 5.40. The quantitative estimate of drug-likeness (QED) is 0.769. The second kappa shape index (κ2) is 5.37. The SMILES string of the molecule is Cc1ccc(NC(C)Cc2ccco2)c2cccnc12. The number of hydrogen-bond acceptors (Lipinski definition) is 3. The Morgan fingerprint density at radius 2 is 2.10 bits per heavy atom. The lowest BCUT2D eigenvalue weighted by molar-refractivity contribution is 0.498. The van der Waals surface area contributed by atoms with Gasteiger partial charge in [0.2, 0.25) is 0 Å². The summed E-state index contributed by atoms with van der Waals surface area (Å²) in [7, 11) is 0. The number of anilines is 1. The summed E-state index contributed by atoms with van der Waals surface area (Å²) in [4.78, 5) is 4.47. The average molecular weight is 266 g/mol. The molecular weight excluding hydrogens is 248 g/mol. The normalized spacial score (nSPS) is 12.5. The van der Waals surface area contributed by atoms with Gasteiger partial charge in [0.1, 0.15) is 5.76 Å². The van der Waals surface area contributed by atoms with Crippen molar-refractivity contribution in [2.24, 2.45) is 0 Å². The van der Waals surface area contributed by atoms with Crippen LogP contribution in [0, 0.1) is 6.92 Å². The van der Waals surface area contributed by atoms with Gasteiger partial charge in [0.15, 0.2) is 0 Å². The van der Waals surface area contributed by atoms with Gasteiger partial charge in [-0.25, -0.2) is 0 Å². The summed E-state index contributed by atoms with van der Waals surface area (Å²) in [5.74, 6) is 1.000. The molecule has 3 aromatic rings. The van der Waals surface area contributed by atoms with Crippen LogP contribution in [0.5, 0.6) is 0 Å². The fourth-order valence-corrected chi connectivity index (χ4v) is 2.49. The van der Waals surface area contributed by atoms with Crippen LogP contribution in [-0.4, -0.2) is 11.0 Å². The Bertz CT molecular complexity index is 704. The van der Waals surface area contributed by atoms with Crippen LogP contribution < -0.4 is 5.32 Å². The maximum Gasteiger partial charge on any atom is 0.105 e. The van der Waals surface area contributed by atoms with Crippen LogP contribution in [0.1, 0.15) is 18.2 Å². The summed E-state index contributed by atoms with van der Waals surface area (Å²) >= 11 is 0. The van der Waals surface area contributed by atoms with Crippen LogP contribution in [0.3, 0.4) is 0 Å². The molecule has 0 radical (unpaired) electrons. The van der Waals surface area contributed by atoms with Gasteiger partial charge in [0.25, 0.3) is 0 Å².